The summed E-state index contributed by atoms with van der Waals surface area (Å²) < 4.78 is 0. The number of para-hydroxylation sites is 1. The van der Waals surface area contributed by atoms with Crippen molar-refractivity contribution in [1.82, 2.24) is 4.90 Å². The second-order valence-electron chi connectivity index (χ2n) is 4.76. The van der Waals surface area contributed by atoms with E-state index in [9.17, 15) is 4.79 Å². The quantitative estimate of drug-likeness (QED) is 0.908. The Kier molecular flexibility index (Phi) is 4.79. The number of nitrogens with zero attached hydrogens (tertiary/aromatic N) is 1. The minimum Gasteiger partial charge on any atom is -0.385 e. The van der Waals surface area contributed by atoms with Crippen molar-refractivity contribution < 1.29 is 4.79 Å². The van der Waals surface area contributed by atoms with Gasteiger partial charge in [-0.1, -0.05) is 12.1 Å². The van der Waals surface area contributed by atoms with Crippen molar-refractivity contribution in [3.05, 3.63) is 51.7 Å². The summed E-state index contributed by atoms with van der Waals surface area (Å²) in [6.07, 6.45) is 0. The molecule has 0 radical (unpaired) electrons. The fourth-order valence-electron chi connectivity index (χ4n) is 2.07. The van der Waals surface area contributed by atoms with Crippen LogP contribution in [0.2, 0.25) is 0 Å². The van der Waals surface area contributed by atoms with E-state index in [1.54, 1.807) is 16.2 Å². The van der Waals surface area contributed by atoms with E-state index in [0.717, 1.165) is 17.8 Å². The smallest absolute Gasteiger partial charge is 0.256 e. The van der Waals surface area contributed by atoms with Gasteiger partial charge in [-0.05, 0) is 43.0 Å². The predicted octanol–water partition coefficient (Wildman–Crippen LogP) is 3.76. The van der Waals surface area contributed by atoms with Crippen molar-refractivity contribution in [2.45, 2.75) is 20.4 Å². The number of thiophene rings is 1. The van der Waals surface area contributed by atoms with Crippen molar-refractivity contribution in [1.29, 1.82) is 0 Å². The summed E-state index contributed by atoms with van der Waals surface area (Å²) in [5.41, 5.74) is 2.87. The topological polar surface area (TPSA) is 32.3 Å². The van der Waals surface area contributed by atoms with Gasteiger partial charge in [0.25, 0.3) is 5.91 Å². The van der Waals surface area contributed by atoms with Gasteiger partial charge < -0.3 is 10.2 Å². The average Bonchev–Trinajstić information content (AvgIpc) is 2.84. The van der Waals surface area contributed by atoms with Gasteiger partial charge in [-0.25, -0.2) is 0 Å². The molecule has 20 heavy (non-hydrogen) atoms. The molecule has 1 N–H and O–H groups in total. The minimum atomic E-state index is 0.0503. The molecule has 0 aliphatic carbocycles. The molecule has 0 aliphatic rings. The fraction of sp³-hybridized carbons (Fsp3) is 0.312. The molecule has 1 amide bonds. The molecule has 106 valence electrons. The molecule has 2 aromatic rings. The van der Waals surface area contributed by atoms with Crippen molar-refractivity contribution in [3.63, 3.8) is 0 Å². The molecule has 2 rings (SSSR count). The molecule has 1 heterocycles. The Morgan fingerprint density at radius 2 is 2.05 bits per heavy atom. The highest BCUT2D eigenvalue weighted by atomic mass is 32.1. The van der Waals surface area contributed by atoms with Gasteiger partial charge in [0, 0.05) is 24.2 Å². The highest BCUT2D eigenvalue weighted by molar-refractivity contribution is 7.10. The monoisotopic (exact) mass is 288 g/mol. The Morgan fingerprint density at radius 1 is 1.30 bits per heavy atom. The van der Waals surface area contributed by atoms with Crippen LogP contribution >= 0.6 is 11.3 Å². The van der Waals surface area contributed by atoms with Gasteiger partial charge in [0.2, 0.25) is 0 Å². The summed E-state index contributed by atoms with van der Waals surface area (Å²) >= 11 is 1.70. The average molecular weight is 288 g/mol. The van der Waals surface area contributed by atoms with Gasteiger partial charge in [-0.15, -0.1) is 11.3 Å². The van der Waals surface area contributed by atoms with Gasteiger partial charge in [-0.3, -0.25) is 4.79 Å². The maximum atomic E-state index is 12.6. The van der Waals surface area contributed by atoms with Crippen LogP contribution in [-0.4, -0.2) is 24.4 Å². The van der Waals surface area contributed by atoms with Crippen LogP contribution < -0.4 is 5.32 Å². The first kappa shape index (κ1) is 14.6. The summed E-state index contributed by atoms with van der Waals surface area (Å²) in [5, 5.41) is 5.30. The standard InChI is InChI=1S/C16H20N2OS/c1-4-17-14-8-6-5-7-13(14)16(19)18(3)11-15-12(2)9-10-20-15/h5-10,17H,4,11H2,1-3H3. The molecular weight excluding hydrogens is 268 g/mol. The Balaban J connectivity index is 2.16. The summed E-state index contributed by atoms with van der Waals surface area (Å²) in [5.74, 6) is 0.0503. The lowest BCUT2D eigenvalue weighted by Crippen LogP contribution is -2.27. The molecule has 0 unspecified atom stereocenters. The predicted molar refractivity (Wildman–Crippen MR) is 85.5 cm³/mol. The Bertz CT molecular complexity index is 592. The number of amides is 1. The highest BCUT2D eigenvalue weighted by Crippen LogP contribution is 2.21. The number of nitrogens with one attached hydrogen (secondary N) is 1. The van der Waals surface area contributed by atoms with Crippen molar-refractivity contribution in [3.8, 4) is 0 Å². The first-order valence-electron chi connectivity index (χ1n) is 6.74. The molecule has 1 aromatic heterocycles. The molecular formula is C16H20N2OS. The molecule has 0 spiro atoms. The summed E-state index contributed by atoms with van der Waals surface area (Å²) in [6.45, 7) is 5.57. The van der Waals surface area contributed by atoms with E-state index in [-0.39, 0.29) is 5.91 Å². The van der Waals surface area contributed by atoms with Crippen LogP contribution in [-0.2, 0) is 6.54 Å². The van der Waals surface area contributed by atoms with Crippen LogP contribution in [0.1, 0.15) is 27.7 Å². The van der Waals surface area contributed by atoms with Gasteiger partial charge in [-0.2, -0.15) is 0 Å². The Labute approximate surface area is 124 Å². The number of carbonyl (C=O) groups is 1. The second kappa shape index (κ2) is 6.57. The lowest BCUT2D eigenvalue weighted by atomic mass is 10.1. The lowest BCUT2D eigenvalue weighted by molar-refractivity contribution is 0.0787. The number of hydrogen-bond donors (Lipinski definition) is 1. The Morgan fingerprint density at radius 3 is 2.70 bits per heavy atom. The van der Waals surface area contributed by atoms with Gasteiger partial charge in [0.05, 0.1) is 12.1 Å². The van der Waals surface area contributed by atoms with E-state index >= 15 is 0 Å². The van der Waals surface area contributed by atoms with Crippen LogP contribution in [0.3, 0.4) is 0 Å². The number of rotatable bonds is 5. The first-order chi connectivity index (χ1) is 9.63. The van der Waals surface area contributed by atoms with Crippen molar-refractivity contribution in [2.24, 2.45) is 0 Å². The molecule has 0 bridgehead atoms. The zero-order valence-electron chi connectivity index (χ0n) is 12.1. The van der Waals surface area contributed by atoms with Crippen LogP contribution in [0.25, 0.3) is 0 Å². The molecule has 0 saturated heterocycles. The second-order valence-corrected chi connectivity index (χ2v) is 5.76. The number of benzene rings is 1. The number of hydrogen-bond acceptors (Lipinski definition) is 3. The van der Waals surface area contributed by atoms with E-state index in [1.165, 1.54) is 10.4 Å². The van der Waals surface area contributed by atoms with E-state index in [4.69, 9.17) is 0 Å². The van der Waals surface area contributed by atoms with E-state index in [1.807, 2.05) is 38.2 Å². The number of carbonyl (C=O) groups excluding carboxylic acids is 1. The molecule has 0 fully saturated rings. The van der Waals surface area contributed by atoms with Crippen LogP contribution in [0, 0.1) is 6.92 Å². The van der Waals surface area contributed by atoms with Crippen LogP contribution in [0.15, 0.2) is 35.7 Å². The maximum absolute atomic E-state index is 12.6. The zero-order chi connectivity index (χ0) is 14.5. The largest absolute Gasteiger partial charge is 0.385 e. The van der Waals surface area contributed by atoms with Gasteiger partial charge >= 0.3 is 0 Å². The van der Waals surface area contributed by atoms with Crippen molar-refractivity contribution >= 4 is 22.9 Å². The van der Waals surface area contributed by atoms with E-state index in [2.05, 4.69) is 23.7 Å². The molecule has 0 saturated carbocycles. The van der Waals surface area contributed by atoms with Gasteiger partial charge in [0.1, 0.15) is 0 Å². The number of aryl methyl sites for hydroxylation is 1. The third-order valence-corrected chi connectivity index (χ3v) is 4.23. The van der Waals surface area contributed by atoms with Crippen LogP contribution in [0.5, 0.6) is 0 Å². The highest BCUT2D eigenvalue weighted by Gasteiger charge is 2.16. The molecule has 1 aromatic carbocycles. The molecule has 4 heteroatoms. The molecule has 0 atom stereocenters. The third kappa shape index (κ3) is 3.20. The first-order valence-corrected chi connectivity index (χ1v) is 7.62. The molecule has 3 nitrogen and oxygen atoms in total. The maximum Gasteiger partial charge on any atom is 0.256 e. The van der Waals surface area contributed by atoms with Gasteiger partial charge in [0.15, 0.2) is 0 Å². The summed E-state index contributed by atoms with van der Waals surface area (Å²) in [4.78, 5) is 15.6. The minimum absolute atomic E-state index is 0.0503. The third-order valence-electron chi connectivity index (χ3n) is 3.22. The summed E-state index contributed by atoms with van der Waals surface area (Å²) in [7, 11) is 1.85. The number of anilines is 1. The van der Waals surface area contributed by atoms with E-state index in [0.29, 0.717) is 6.54 Å². The van der Waals surface area contributed by atoms with Crippen LogP contribution in [0.4, 0.5) is 5.69 Å². The Hall–Kier alpha value is -1.81. The normalized spacial score (nSPS) is 10.3. The lowest BCUT2D eigenvalue weighted by Gasteiger charge is -2.19. The fourth-order valence-corrected chi connectivity index (χ4v) is 3.03. The zero-order valence-corrected chi connectivity index (χ0v) is 13.0. The molecule has 0 aliphatic heterocycles. The SMILES string of the molecule is CCNc1ccccc1C(=O)N(C)Cc1sccc1C. The van der Waals surface area contributed by atoms with Crippen molar-refractivity contribution in [2.75, 3.05) is 18.9 Å². The summed E-state index contributed by atoms with van der Waals surface area (Å²) in [6, 6.07) is 9.75. The van der Waals surface area contributed by atoms with E-state index < -0.39 is 0 Å².